The van der Waals surface area contributed by atoms with Gasteiger partial charge in [0.25, 0.3) is 5.91 Å². The quantitative estimate of drug-likeness (QED) is 0.495. The van der Waals surface area contributed by atoms with E-state index in [1.165, 1.54) is 0 Å². The van der Waals surface area contributed by atoms with Gasteiger partial charge in [-0.25, -0.2) is 4.98 Å². The van der Waals surface area contributed by atoms with E-state index in [0.717, 1.165) is 27.7 Å². The monoisotopic (exact) mass is 380 g/mol. The van der Waals surface area contributed by atoms with Crippen LogP contribution in [0, 0.1) is 0 Å². The number of hydrogen-bond donors (Lipinski definition) is 0. The molecule has 0 saturated carbocycles. The Labute approximate surface area is 169 Å². The summed E-state index contributed by atoms with van der Waals surface area (Å²) >= 11 is 0. The van der Waals surface area contributed by atoms with Crippen molar-refractivity contribution in [1.82, 2.24) is 4.98 Å². The summed E-state index contributed by atoms with van der Waals surface area (Å²) in [5, 5.41) is 1.05. The first-order chi connectivity index (χ1) is 14.3. The van der Waals surface area contributed by atoms with Crippen LogP contribution in [0.15, 0.2) is 91.0 Å². The molecule has 1 aliphatic rings. The molecule has 1 amide bonds. The highest BCUT2D eigenvalue weighted by Gasteiger charge is 2.34. The van der Waals surface area contributed by atoms with Crippen LogP contribution >= 0.6 is 0 Å². The lowest BCUT2D eigenvalue weighted by atomic mass is 10.1. The van der Waals surface area contributed by atoms with Crippen LogP contribution in [0.5, 0.6) is 5.88 Å². The number of fused-ring (bicyclic) bond motifs is 1. The van der Waals surface area contributed by atoms with Gasteiger partial charge in [-0.2, -0.15) is 0 Å². The second-order valence-electron chi connectivity index (χ2n) is 7.14. The van der Waals surface area contributed by atoms with E-state index in [0.29, 0.717) is 18.8 Å². The molecule has 1 atom stereocenters. The minimum Gasteiger partial charge on any atom is -0.464 e. The summed E-state index contributed by atoms with van der Waals surface area (Å²) in [4.78, 5) is 19.2. The molecule has 2 heterocycles. The third-order valence-corrected chi connectivity index (χ3v) is 5.28. The van der Waals surface area contributed by atoms with Crippen molar-refractivity contribution in [3.05, 3.63) is 91.0 Å². The summed E-state index contributed by atoms with van der Waals surface area (Å²) in [6.45, 7) is 0.641. The molecule has 0 bridgehead atoms. The molecule has 1 fully saturated rings. The van der Waals surface area contributed by atoms with Crippen molar-refractivity contribution in [2.45, 2.75) is 12.5 Å². The summed E-state index contributed by atoms with van der Waals surface area (Å²) in [7, 11) is 0. The van der Waals surface area contributed by atoms with Gasteiger partial charge in [0.2, 0.25) is 5.88 Å². The molecule has 3 aromatic carbocycles. The number of benzene rings is 3. The number of rotatable bonds is 4. The lowest BCUT2D eigenvalue weighted by Crippen LogP contribution is -2.32. The fourth-order valence-corrected chi connectivity index (χ4v) is 3.74. The summed E-state index contributed by atoms with van der Waals surface area (Å²) in [5.41, 5.74) is 4.06. The normalized spacial score (nSPS) is 16.3. The maximum atomic E-state index is 12.9. The van der Waals surface area contributed by atoms with Gasteiger partial charge in [-0.1, -0.05) is 60.7 Å². The fraction of sp³-hybridized carbons (Fsp3) is 0.120. The second-order valence-corrected chi connectivity index (χ2v) is 7.14. The lowest BCUT2D eigenvalue weighted by molar-refractivity contribution is -0.123. The molecule has 5 rings (SSSR count). The fourth-order valence-electron chi connectivity index (χ4n) is 3.74. The van der Waals surface area contributed by atoms with E-state index in [1.807, 2.05) is 66.7 Å². The third-order valence-electron chi connectivity index (χ3n) is 5.28. The molecule has 29 heavy (non-hydrogen) atoms. The van der Waals surface area contributed by atoms with Gasteiger partial charge in [-0.05, 0) is 35.4 Å². The van der Waals surface area contributed by atoms with E-state index in [4.69, 9.17) is 4.74 Å². The van der Waals surface area contributed by atoms with Crippen LogP contribution in [-0.2, 0) is 4.79 Å². The molecular formula is C25H20N2O2. The number of aromatic nitrogens is 1. The third kappa shape index (κ3) is 3.45. The van der Waals surface area contributed by atoms with Crippen LogP contribution in [0.1, 0.15) is 6.42 Å². The van der Waals surface area contributed by atoms with Gasteiger partial charge < -0.3 is 9.64 Å². The number of hydrogen-bond acceptors (Lipinski definition) is 3. The molecule has 4 nitrogen and oxygen atoms in total. The molecule has 1 saturated heterocycles. The van der Waals surface area contributed by atoms with Crippen LogP contribution in [0.25, 0.3) is 22.0 Å². The average Bonchev–Trinajstić information content (AvgIpc) is 3.14. The predicted molar refractivity (Wildman–Crippen MR) is 115 cm³/mol. The van der Waals surface area contributed by atoms with Gasteiger partial charge in [-0.3, -0.25) is 4.79 Å². The van der Waals surface area contributed by atoms with E-state index in [1.54, 1.807) is 4.90 Å². The standard InChI is InChI=1S/C25H20N2O2/c28-25-23(29-24-15-12-20-8-4-5-9-22(20)26-24)16-17-27(25)21-13-10-19(11-14-21)18-6-2-1-3-7-18/h1-15,23H,16-17H2. The zero-order chi connectivity index (χ0) is 19.6. The Balaban J connectivity index is 1.31. The summed E-state index contributed by atoms with van der Waals surface area (Å²) in [6, 6.07) is 30.0. The van der Waals surface area contributed by atoms with Crippen molar-refractivity contribution in [2.24, 2.45) is 0 Å². The summed E-state index contributed by atoms with van der Waals surface area (Å²) in [6.07, 6.45) is 0.144. The predicted octanol–water partition coefficient (Wildman–Crippen LogP) is 5.09. The largest absolute Gasteiger partial charge is 0.464 e. The Morgan fingerprint density at radius 1 is 0.793 bits per heavy atom. The number of anilines is 1. The van der Waals surface area contributed by atoms with Crippen molar-refractivity contribution in [1.29, 1.82) is 0 Å². The van der Waals surface area contributed by atoms with Crippen LogP contribution in [0.2, 0.25) is 0 Å². The number of pyridine rings is 1. The zero-order valence-electron chi connectivity index (χ0n) is 15.9. The molecular weight excluding hydrogens is 360 g/mol. The Bertz CT molecular complexity index is 1160. The topological polar surface area (TPSA) is 42.4 Å². The summed E-state index contributed by atoms with van der Waals surface area (Å²) < 4.78 is 5.94. The van der Waals surface area contributed by atoms with E-state index >= 15 is 0 Å². The Morgan fingerprint density at radius 2 is 1.52 bits per heavy atom. The number of carbonyl (C=O) groups is 1. The first-order valence-corrected chi connectivity index (χ1v) is 9.77. The van der Waals surface area contributed by atoms with Crippen LogP contribution in [-0.4, -0.2) is 23.5 Å². The number of amides is 1. The Morgan fingerprint density at radius 3 is 2.34 bits per heavy atom. The molecule has 0 radical (unpaired) electrons. The maximum absolute atomic E-state index is 12.9. The van der Waals surface area contributed by atoms with Crippen molar-refractivity contribution in [3.8, 4) is 17.0 Å². The van der Waals surface area contributed by atoms with E-state index < -0.39 is 6.10 Å². The molecule has 4 aromatic rings. The maximum Gasteiger partial charge on any atom is 0.268 e. The van der Waals surface area contributed by atoms with Crippen LogP contribution in [0.4, 0.5) is 5.69 Å². The van der Waals surface area contributed by atoms with Gasteiger partial charge in [0, 0.05) is 30.1 Å². The highest BCUT2D eigenvalue weighted by Crippen LogP contribution is 2.28. The number of nitrogens with zero attached hydrogens (tertiary/aromatic N) is 2. The van der Waals surface area contributed by atoms with Crippen LogP contribution < -0.4 is 9.64 Å². The highest BCUT2D eigenvalue weighted by atomic mass is 16.5. The van der Waals surface area contributed by atoms with Gasteiger partial charge in [0.05, 0.1) is 5.52 Å². The minimum atomic E-state index is -0.502. The van der Waals surface area contributed by atoms with Crippen molar-refractivity contribution >= 4 is 22.5 Å². The van der Waals surface area contributed by atoms with Crippen molar-refractivity contribution in [2.75, 3.05) is 11.4 Å². The van der Waals surface area contributed by atoms with Gasteiger partial charge in [0.15, 0.2) is 6.10 Å². The number of ether oxygens (including phenoxy) is 1. The van der Waals surface area contributed by atoms with E-state index in [2.05, 4.69) is 29.2 Å². The SMILES string of the molecule is O=C1C(Oc2ccc3ccccc3n2)CCN1c1ccc(-c2ccccc2)cc1. The highest BCUT2D eigenvalue weighted by molar-refractivity contribution is 5.99. The van der Waals surface area contributed by atoms with Gasteiger partial charge in [0.1, 0.15) is 0 Å². The molecule has 1 unspecified atom stereocenters. The Kier molecular flexibility index (Phi) is 4.45. The molecule has 0 spiro atoms. The van der Waals surface area contributed by atoms with Gasteiger partial charge >= 0.3 is 0 Å². The molecule has 0 aliphatic carbocycles. The Hall–Kier alpha value is -3.66. The van der Waals surface area contributed by atoms with E-state index in [-0.39, 0.29) is 5.91 Å². The smallest absolute Gasteiger partial charge is 0.268 e. The van der Waals surface area contributed by atoms with E-state index in [9.17, 15) is 4.79 Å². The molecule has 1 aliphatic heterocycles. The van der Waals surface area contributed by atoms with Crippen molar-refractivity contribution < 1.29 is 9.53 Å². The number of carbonyl (C=O) groups excluding carboxylic acids is 1. The second kappa shape index (κ2) is 7.40. The first kappa shape index (κ1) is 17.4. The lowest BCUT2D eigenvalue weighted by Gasteiger charge is -2.17. The first-order valence-electron chi connectivity index (χ1n) is 9.77. The number of para-hydroxylation sites is 1. The average molecular weight is 380 g/mol. The summed E-state index contributed by atoms with van der Waals surface area (Å²) in [5.74, 6) is 0.468. The molecule has 4 heteroatoms. The van der Waals surface area contributed by atoms with Crippen LogP contribution in [0.3, 0.4) is 0 Å². The van der Waals surface area contributed by atoms with Crippen molar-refractivity contribution in [3.63, 3.8) is 0 Å². The zero-order valence-corrected chi connectivity index (χ0v) is 15.9. The van der Waals surface area contributed by atoms with Gasteiger partial charge in [-0.15, -0.1) is 0 Å². The molecule has 1 aromatic heterocycles. The molecule has 142 valence electrons. The minimum absolute atomic E-state index is 0.0209. The molecule has 0 N–H and O–H groups in total.